The average Bonchev–Trinajstić information content (AvgIpc) is 2.92. The van der Waals surface area contributed by atoms with Crippen LogP contribution >= 0.6 is 23.4 Å². The molecule has 27 heavy (non-hydrogen) atoms. The van der Waals surface area contributed by atoms with Crippen LogP contribution < -0.4 is 4.74 Å². The molecule has 0 unspecified atom stereocenters. The van der Waals surface area contributed by atoms with Crippen LogP contribution in [0.4, 0.5) is 4.79 Å². The van der Waals surface area contributed by atoms with Crippen LogP contribution in [0, 0.1) is 0 Å². The molecule has 0 saturated carbocycles. The Hall–Kier alpha value is -2.24. The third-order valence-corrected chi connectivity index (χ3v) is 5.54. The standard InChI is InChI=1S/C21H20ClNO3S/c1-3-14(2)26-18-11-7-5-8-15(18)12-19-20(24)23(21(25)27-19)13-16-9-4-6-10-17(16)22/h4-12,14H,3,13H2,1-2H3/b19-12+/t14-/m1/s1. The van der Waals surface area contributed by atoms with Gasteiger partial charge in [-0.3, -0.25) is 14.5 Å². The zero-order valence-corrected chi connectivity index (χ0v) is 16.7. The summed E-state index contributed by atoms with van der Waals surface area (Å²) in [5.41, 5.74) is 1.52. The largest absolute Gasteiger partial charge is 0.490 e. The molecule has 0 spiro atoms. The summed E-state index contributed by atoms with van der Waals surface area (Å²) < 4.78 is 5.92. The molecule has 1 atom stereocenters. The third kappa shape index (κ3) is 4.54. The van der Waals surface area contributed by atoms with Crippen molar-refractivity contribution in [2.75, 3.05) is 0 Å². The minimum Gasteiger partial charge on any atom is -0.490 e. The van der Waals surface area contributed by atoms with Gasteiger partial charge in [-0.15, -0.1) is 0 Å². The number of nitrogens with zero attached hydrogens (tertiary/aromatic N) is 1. The first kappa shape index (κ1) is 19.5. The van der Waals surface area contributed by atoms with Crippen molar-refractivity contribution in [2.24, 2.45) is 0 Å². The van der Waals surface area contributed by atoms with E-state index < -0.39 is 0 Å². The highest BCUT2D eigenvalue weighted by Gasteiger charge is 2.35. The Morgan fingerprint density at radius 2 is 1.85 bits per heavy atom. The number of amides is 2. The molecule has 0 aromatic heterocycles. The number of imide groups is 1. The first-order chi connectivity index (χ1) is 13.0. The molecule has 2 amide bonds. The molecule has 1 aliphatic rings. The van der Waals surface area contributed by atoms with Gasteiger partial charge < -0.3 is 4.74 Å². The third-order valence-electron chi connectivity index (χ3n) is 4.27. The van der Waals surface area contributed by atoms with Crippen molar-refractivity contribution in [3.8, 4) is 5.75 Å². The number of para-hydroxylation sites is 1. The molecule has 1 aliphatic heterocycles. The molecule has 3 rings (SSSR count). The van der Waals surface area contributed by atoms with Crippen molar-refractivity contribution in [3.05, 3.63) is 69.6 Å². The normalized spacial score (nSPS) is 16.9. The maximum atomic E-state index is 12.8. The fraction of sp³-hybridized carbons (Fsp3) is 0.238. The van der Waals surface area contributed by atoms with Gasteiger partial charge in [0.25, 0.3) is 11.1 Å². The molecular formula is C21H20ClNO3S. The van der Waals surface area contributed by atoms with Crippen LogP contribution in [0.25, 0.3) is 6.08 Å². The predicted molar refractivity (Wildman–Crippen MR) is 110 cm³/mol. The van der Waals surface area contributed by atoms with E-state index in [1.54, 1.807) is 12.1 Å². The Morgan fingerprint density at radius 3 is 2.59 bits per heavy atom. The SMILES string of the molecule is CC[C@@H](C)Oc1ccccc1/C=C1/SC(=O)N(Cc2ccccc2Cl)C1=O. The predicted octanol–water partition coefficient (Wildman–Crippen LogP) is 5.75. The molecule has 4 nitrogen and oxygen atoms in total. The number of carbonyl (C=O) groups is 2. The number of carbonyl (C=O) groups excluding carboxylic acids is 2. The van der Waals surface area contributed by atoms with Crippen molar-refractivity contribution >= 4 is 40.6 Å². The van der Waals surface area contributed by atoms with E-state index in [0.717, 1.165) is 29.3 Å². The molecule has 0 aliphatic carbocycles. The van der Waals surface area contributed by atoms with Gasteiger partial charge in [-0.05, 0) is 48.9 Å². The van der Waals surface area contributed by atoms with Gasteiger partial charge in [0.15, 0.2) is 0 Å². The number of hydrogen-bond acceptors (Lipinski definition) is 4. The number of hydrogen-bond donors (Lipinski definition) is 0. The van der Waals surface area contributed by atoms with Gasteiger partial charge in [0.05, 0.1) is 17.6 Å². The Kier molecular flexibility index (Phi) is 6.24. The fourth-order valence-corrected chi connectivity index (χ4v) is 3.61. The summed E-state index contributed by atoms with van der Waals surface area (Å²) in [6.07, 6.45) is 2.66. The Bertz CT molecular complexity index is 897. The van der Waals surface area contributed by atoms with Crippen molar-refractivity contribution in [1.82, 2.24) is 4.90 Å². The lowest BCUT2D eigenvalue weighted by atomic mass is 10.1. The lowest BCUT2D eigenvalue weighted by molar-refractivity contribution is -0.123. The second-order valence-electron chi connectivity index (χ2n) is 6.23. The van der Waals surface area contributed by atoms with Crippen LogP contribution in [-0.4, -0.2) is 22.2 Å². The molecule has 1 fully saturated rings. The van der Waals surface area contributed by atoms with E-state index in [4.69, 9.17) is 16.3 Å². The number of thioether (sulfide) groups is 1. The molecule has 6 heteroatoms. The minimum atomic E-state index is -0.316. The van der Waals surface area contributed by atoms with Gasteiger partial charge in [-0.2, -0.15) is 0 Å². The summed E-state index contributed by atoms with van der Waals surface area (Å²) in [6.45, 7) is 4.20. The van der Waals surface area contributed by atoms with E-state index in [9.17, 15) is 9.59 Å². The van der Waals surface area contributed by atoms with Crippen LogP contribution in [0.3, 0.4) is 0 Å². The topological polar surface area (TPSA) is 46.6 Å². The van der Waals surface area contributed by atoms with Crippen LogP contribution in [-0.2, 0) is 11.3 Å². The summed E-state index contributed by atoms with van der Waals surface area (Å²) in [5, 5.41) is 0.235. The van der Waals surface area contributed by atoms with E-state index in [0.29, 0.717) is 15.7 Å². The Morgan fingerprint density at radius 1 is 1.15 bits per heavy atom. The van der Waals surface area contributed by atoms with Crippen molar-refractivity contribution < 1.29 is 14.3 Å². The summed E-state index contributed by atoms with van der Waals surface area (Å²) in [5.74, 6) is 0.382. The number of halogens is 1. The molecule has 0 bridgehead atoms. The van der Waals surface area contributed by atoms with Crippen LogP contribution in [0.15, 0.2) is 53.4 Å². The highest BCUT2D eigenvalue weighted by Crippen LogP contribution is 2.35. The van der Waals surface area contributed by atoms with Gasteiger partial charge in [-0.1, -0.05) is 54.9 Å². The van der Waals surface area contributed by atoms with Crippen molar-refractivity contribution in [2.45, 2.75) is 32.9 Å². The fourth-order valence-electron chi connectivity index (χ4n) is 2.58. The second kappa shape index (κ2) is 8.63. The molecule has 1 saturated heterocycles. The maximum Gasteiger partial charge on any atom is 0.293 e. The first-order valence-corrected chi connectivity index (χ1v) is 9.93. The number of ether oxygens (including phenoxy) is 1. The minimum absolute atomic E-state index is 0.0647. The molecule has 2 aromatic rings. The highest BCUT2D eigenvalue weighted by molar-refractivity contribution is 8.18. The van der Waals surface area contributed by atoms with Gasteiger partial charge in [0.2, 0.25) is 0 Å². The zero-order valence-electron chi connectivity index (χ0n) is 15.1. The first-order valence-electron chi connectivity index (χ1n) is 8.74. The number of rotatable bonds is 6. The van der Waals surface area contributed by atoms with E-state index in [-0.39, 0.29) is 23.8 Å². The lowest BCUT2D eigenvalue weighted by Gasteiger charge is -2.15. The maximum absolute atomic E-state index is 12.8. The van der Waals surface area contributed by atoms with Crippen LogP contribution in [0.5, 0.6) is 5.75 Å². The monoisotopic (exact) mass is 401 g/mol. The zero-order chi connectivity index (χ0) is 19.4. The second-order valence-corrected chi connectivity index (χ2v) is 7.63. The highest BCUT2D eigenvalue weighted by atomic mass is 35.5. The van der Waals surface area contributed by atoms with Gasteiger partial charge in [0, 0.05) is 10.6 Å². The van der Waals surface area contributed by atoms with Gasteiger partial charge in [-0.25, -0.2) is 0 Å². The lowest BCUT2D eigenvalue weighted by Crippen LogP contribution is -2.27. The van der Waals surface area contributed by atoms with E-state index in [2.05, 4.69) is 0 Å². The molecule has 2 aromatic carbocycles. The molecular weight excluding hydrogens is 382 g/mol. The van der Waals surface area contributed by atoms with Crippen molar-refractivity contribution in [1.29, 1.82) is 0 Å². The van der Waals surface area contributed by atoms with Gasteiger partial charge in [0.1, 0.15) is 5.75 Å². The summed E-state index contributed by atoms with van der Waals surface area (Å²) in [4.78, 5) is 26.7. The Labute approximate surface area is 168 Å². The molecule has 0 radical (unpaired) electrons. The quantitative estimate of drug-likeness (QED) is 0.578. The molecule has 140 valence electrons. The van der Waals surface area contributed by atoms with Crippen molar-refractivity contribution in [3.63, 3.8) is 0 Å². The van der Waals surface area contributed by atoms with Gasteiger partial charge >= 0.3 is 0 Å². The average molecular weight is 402 g/mol. The van der Waals surface area contributed by atoms with Crippen LogP contribution in [0.2, 0.25) is 5.02 Å². The smallest absolute Gasteiger partial charge is 0.293 e. The number of benzene rings is 2. The van der Waals surface area contributed by atoms with E-state index in [1.807, 2.05) is 56.3 Å². The summed E-state index contributed by atoms with van der Waals surface area (Å²) in [7, 11) is 0. The summed E-state index contributed by atoms with van der Waals surface area (Å²) in [6, 6.07) is 14.7. The van der Waals surface area contributed by atoms with Crippen LogP contribution in [0.1, 0.15) is 31.4 Å². The molecule has 0 N–H and O–H groups in total. The molecule has 1 heterocycles. The Balaban J connectivity index is 1.84. The van der Waals surface area contributed by atoms with E-state index in [1.165, 1.54) is 4.90 Å². The summed E-state index contributed by atoms with van der Waals surface area (Å²) >= 11 is 7.09. The van der Waals surface area contributed by atoms with E-state index >= 15 is 0 Å².